The van der Waals surface area contributed by atoms with Crippen molar-refractivity contribution in [3.05, 3.63) is 29.8 Å². The average Bonchev–Trinajstić information content (AvgIpc) is 2.37. The van der Waals surface area contributed by atoms with Crippen molar-refractivity contribution < 1.29 is 14.7 Å². The topological polar surface area (TPSA) is 66.4 Å². The fourth-order valence-electron chi connectivity index (χ4n) is 1.92. The van der Waals surface area contributed by atoms with Crippen LogP contribution >= 0.6 is 11.8 Å². The van der Waals surface area contributed by atoms with Gasteiger partial charge in [-0.15, -0.1) is 11.8 Å². The summed E-state index contributed by atoms with van der Waals surface area (Å²) in [6, 6.07) is 7.61. The highest BCUT2D eigenvalue weighted by molar-refractivity contribution is 8.00. The summed E-state index contributed by atoms with van der Waals surface area (Å²) >= 11 is 1.47. The van der Waals surface area contributed by atoms with E-state index in [1.165, 1.54) is 11.8 Å². The zero-order chi connectivity index (χ0) is 15.0. The van der Waals surface area contributed by atoms with Crippen molar-refractivity contribution in [1.29, 1.82) is 0 Å². The molecule has 5 heteroatoms. The largest absolute Gasteiger partial charge is 0.481 e. The Kier molecular flexibility index (Phi) is 7.15. The van der Waals surface area contributed by atoms with Gasteiger partial charge in [0, 0.05) is 10.9 Å². The SMILES string of the molecule is CCC[C@@H](CC(=O)O)NC(=O)CSc1ccccc1C. The quantitative estimate of drug-likeness (QED) is 0.724. The van der Waals surface area contributed by atoms with E-state index in [9.17, 15) is 9.59 Å². The lowest BCUT2D eigenvalue weighted by molar-refractivity contribution is -0.137. The van der Waals surface area contributed by atoms with Gasteiger partial charge in [-0.05, 0) is 25.0 Å². The van der Waals surface area contributed by atoms with Gasteiger partial charge in [0.2, 0.25) is 5.91 Å². The number of amides is 1. The molecule has 0 saturated carbocycles. The van der Waals surface area contributed by atoms with Crippen LogP contribution < -0.4 is 5.32 Å². The number of nitrogens with one attached hydrogen (secondary N) is 1. The lowest BCUT2D eigenvalue weighted by Crippen LogP contribution is -2.37. The molecule has 110 valence electrons. The molecule has 1 rings (SSSR count). The van der Waals surface area contributed by atoms with Crippen LogP contribution in [-0.4, -0.2) is 28.8 Å². The summed E-state index contributed by atoms with van der Waals surface area (Å²) in [5.41, 5.74) is 1.14. The summed E-state index contributed by atoms with van der Waals surface area (Å²) in [6.07, 6.45) is 1.52. The first-order chi connectivity index (χ1) is 9.52. The Hall–Kier alpha value is -1.49. The molecule has 0 saturated heterocycles. The van der Waals surface area contributed by atoms with E-state index < -0.39 is 5.97 Å². The van der Waals surface area contributed by atoms with Gasteiger partial charge in [-0.25, -0.2) is 0 Å². The summed E-state index contributed by atoms with van der Waals surface area (Å²) in [5, 5.41) is 11.6. The molecule has 0 bridgehead atoms. The van der Waals surface area contributed by atoms with Gasteiger partial charge in [0.1, 0.15) is 0 Å². The molecule has 0 aliphatic heterocycles. The number of benzene rings is 1. The van der Waals surface area contributed by atoms with Gasteiger partial charge in [0.25, 0.3) is 0 Å². The molecule has 1 amide bonds. The first-order valence-corrected chi connectivity index (χ1v) is 7.71. The third-order valence-electron chi connectivity index (χ3n) is 2.88. The minimum absolute atomic E-state index is 0.0192. The zero-order valence-electron chi connectivity index (χ0n) is 11.9. The Morgan fingerprint density at radius 2 is 2.05 bits per heavy atom. The summed E-state index contributed by atoms with van der Waals surface area (Å²) in [5.74, 6) is -0.682. The second kappa shape index (κ2) is 8.64. The van der Waals surface area contributed by atoms with E-state index in [-0.39, 0.29) is 18.4 Å². The number of rotatable bonds is 8. The first-order valence-electron chi connectivity index (χ1n) is 6.72. The normalized spacial score (nSPS) is 11.9. The molecule has 0 heterocycles. The van der Waals surface area contributed by atoms with Gasteiger partial charge < -0.3 is 10.4 Å². The summed E-state index contributed by atoms with van der Waals surface area (Å²) in [6.45, 7) is 3.98. The molecule has 0 aromatic heterocycles. The van der Waals surface area contributed by atoms with Crippen LogP contribution in [0, 0.1) is 6.92 Å². The number of thioether (sulfide) groups is 1. The third kappa shape index (κ3) is 6.10. The number of carbonyl (C=O) groups is 2. The number of hydrogen-bond acceptors (Lipinski definition) is 3. The molecule has 1 aromatic carbocycles. The van der Waals surface area contributed by atoms with Crippen LogP contribution in [0.25, 0.3) is 0 Å². The molecule has 1 atom stereocenters. The van der Waals surface area contributed by atoms with Crippen LogP contribution in [-0.2, 0) is 9.59 Å². The Labute approximate surface area is 124 Å². The van der Waals surface area contributed by atoms with Crippen molar-refractivity contribution in [3.8, 4) is 0 Å². The van der Waals surface area contributed by atoms with E-state index in [0.717, 1.165) is 16.9 Å². The van der Waals surface area contributed by atoms with Gasteiger partial charge in [-0.2, -0.15) is 0 Å². The molecule has 0 aliphatic carbocycles. The fourth-order valence-corrected chi connectivity index (χ4v) is 2.76. The number of aliphatic carboxylic acids is 1. The lowest BCUT2D eigenvalue weighted by atomic mass is 10.1. The maximum Gasteiger partial charge on any atom is 0.305 e. The van der Waals surface area contributed by atoms with E-state index in [0.29, 0.717) is 12.2 Å². The van der Waals surface area contributed by atoms with E-state index in [1.807, 2.05) is 38.1 Å². The molecule has 2 N–H and O–H groups in total. The molecule has 1 aromatic rings. The third-order valence-corrected chi connectivity index (χ3v) is 4.05. The Balaban J connectivity index is 2.45. The standard InChI is InChI=1S/C15H21NO3S/c1-3-6-12(9-15(18)19)16-14(17)10-20-13-8-5-4-7-11(13)2/h4-5,7-8,12H,3,6,9-10H2,1-2H3,(H,16,17)(H,18,19)/t12-/m0/s1. The number of aryl methyl sites for hydroxylation is 1. The molecule has 0 fully saturated rings. The second-order valence-corrected chi connectivity index (χ2v) is 5.72. The maximum atomic E-state index is 11.9. The first kappa shape index (κ1) is 16.6. The maximum absolute atomic E-state index is 11.9. The fraction of sp³-hybridized carbons (Fsp3) is 0.467. The van der Waals surface area contributed by atoms with Gasteiger partial charge in [-0.1, -0.05) is 31.5 Å². The molecule has 4 nitrogen and oxygen atoms in total. The smallest absolute Gasteiger partial charge is 0.305 e. The molecular formula is C15H21NO3S. The molecule has 0 spiro atoms. The zero-order valence-corrected chi connectivity index (χ0v) is 12.7. The monoisotopic (exact) mass is 295 g/mol. The Bertz CT molecular complexity index is 462. The lowest BCUT2D eigenvalue weighted by Gasteiger charge is -2.16. The predicted octanol–water partition coefficient (Wildman–Crippen LogP) is 2.85. The van der Waals surface area contributed by atoms with Crippen LogP contribution in [0.2, 0.25) is 0 Å². The highest BCUT2D eigenvalue weighted by Crippen LogP contribution is 2.21. The minimum atomic E-state index is -0.879. The van der Waals surface area contributed by atoms with Crippen molar-refractivity contribution in [3.63, 3.8) is 0 Å². The second-order valence-electron chi connectivity index (χ2n) is 4.71. The molecule has 20 heavy (non-hydrogen) atoms. The van der Waals surface area contributed by atoms with Gasteiger partial charge >= 0.3 is 5.97 Å². The summed E-state index contributed by atoms with van der Waals surface area (Å²) in [4.78, 5) is 23.7. The van der Waals surface area contributed by atoms with Gasteiger partial charge in [0.15, 0.2) is 0 Å². The molecule has 0 radical (unpaired) electrons. The average molecular weight is 295 g/mol. The number of carbonyl (C=O) groups excluding carboxylic acids is 1. The Morgan fingerprint density at radius 1 is 1.35 bits per heavy atom. The van der Waals surface area contributed by atoms with Crippen LogP contribution in [0.5, 0.6) is 0 Å². The molecular weight excluding hydrogens is 274 g/mol. The molecule has 0 aliphatic rings. The van der Waals surface area contributed by atoms with Crippen molar-refractivity contribution in [2.24, 2.45) is 0 Å². The Morgan fingerprint density at radius 3 is 2.65 bits per heavy atom. The summed E-state index contributed by atoms with van der Waals surface area (Å²) in [7, 11) is 0. The van der Waals surface area contributed by atoms with Crippen molar-refractivity contribution >= 4 is 23.6 Å². The van der Waals surface area contributed by atoms with Crippen LogP contribution in [0.4, 0.5) is 0 Å². The van der Waals surface area contributed by atoms with Crippen LogP contribution in [0.3, 0.4) is 0 Å². The minimum Gasteiger partial charge on any atom is -0.481 e. The van der Waals surface area contributed by atoms with E-state index in [2.05, 4.69) is 5.32 Å². The van der Waals surface area contributed by atoms with Gasteiger partial charge in [0.05, 0.1) is 12.2 Å². The van der Waals surface area contributed by atoms with Gasteiger partial charge in [-0.3, -0.25) is 9.59 Å². The van der Waals surface area contributed by atoms with Crippen LogP contribution in [0.1, 0.15) is 31.7 Å². The molecule has 0 unspecified atom stereocenters. The predicted molar refractivity (Wildman–Crippen MR) is 81.0 cm³/mol. The van der Waals surface area contributed by atoms with Crippen molar-refractivity contribution in [2.45, 2.75) is 44.0 Å². The highest BCUT2D eigenvalue weighted by atomic mass is 32.2. The van der Waals surface area contributed by atoms with E-state index in [4.69, 9.17) is 5.11 Å². The number of carboxylic acids is 1. The summed E-state index contributed by atoms with van der Waals surface area (Å²) < 4.78 is 0. The van der Waals surface area contributed by atoms with E-state index >= 15 is 0 Å². The highest BCUT2D eigenvalue weighted by Gasteiger charge is 2.15. The van der Waals surface area contributed by atoms with Crippen molar-refractivity contribution in [1.82, 2.24) is 5.32 Å². The van der Waals surface area contributed by atoms with Crippen molar-refractivity contribution in [2.75, 3.05) is 5.75 Å². The number of carboxylic acid groups (broad SMARTS) is 1. The van der Waals surface area contributed by atoms with Crippen LogP contribution in [0.15, 0.2) is 29.2 Å². The van der Waals surface area contributed by atoms with E-state index in [1.54, 1.807) is 0 Å². The number of hydrogen-bond donors (Lipinski definition) is 2.